The summed E-state index contributed by atoms with van der Waals surface area (Å²) < 4.78 is 14.9. The van der Waals surface area contributed by atoms with Crippen molar-refractivity contribution in [2.45, 2.75) is 47.6 Å². The van der Waals surface area contributed by atoms with Gasteiger partial charge in [0.25, 0.3) is 0 Å². The number of nitrogens with one attached hydrogen (secondary N) is 1. The highest BCUT2D eigenvalue weighted by atomic mass is 35.5. The number of hydrogen-bond acceptors (Lipinski definition) is 3. The van der Waals surface area contributed by atoms with Gasteiger partial charge in [0.05, 0.1) is 11.8 Å². The van der Waals surface area contributed by atoms with Crippen LogP contribution in [-0.4, -0.2) is 27.3 Å². The average molecular weight is 379 g/mol. The van der Waals surface area contributed by atoms with Crippen LogP contribution in [0, 0.1) is 0 Å². The predicted octanol–water partition coefficient (Wildman–Crippen LogP) is 5.41. The fourth-order valence-electron chi connectivity index (χ4n) is 1.61. The van der Waals surface area contributed by atoms with Crippen molar-refractivity contribution in [1.82, 2.24) is 4.72 Å². The van der Waals surface area contributed by atoms with E-state index >= 15 is 0 Å². The molecule has 3 nitrogen and oxygen atoms in total. The molecule has 0 bridgehead atoms. The van der Waals surface area contributed by atoms with Gasteiger partial charge in [-0.3, -0.25) is 9.71 Å². The summed E-state index contributed by atoms with van der Waals surface area (Å²) in [6, 6.07) is 7.35. The van der Waals surface area contributed by atoms with Gasteiger partial charge in [-0.1, -0.05) is 77.0 Å². The number of amidine groups is 1. The monoisotopic (exact) mass is 378 g/mol. The van der Waals surface area contributed by atoms with Crippen LogP contribution in [0.5, 0.6) is 0 Å². The molecule has 0 fully saturated rings. The van der Waals surface area contributed by atoms with Crippen LogP contribution in [0.15, 0.2) is 29.3 Å². The van der Waals surface area contributed by atoms with Crippen molar-refractivity contribution in [3.63, 3.8) is 0 Å². The molecular formula is C17H31ClN2OS2. The summed E-state index contributed by atoms with van der Waals surface area (Å²) in [7, 11) is -2.29. The normalized spacial score (nSPS) is 21.7. The fraction of sp³-hybridized carbons (Fsp3) is 0.529. The van der Waals surface area contributed by atoms with Crippen molar-refractivity contribution in [3.8, 4) is 0 Å². The maximum atomic E-state index is 12.1. The molecule has 6 heteroatoms. The van der Waals surface area contributed by atoms with Crippen LogP contribution >= 0.6 is 23.4 Å². The molecule has 23 heavy (non-hydrogen) atoms. The molecule has 2 atom stereocenters. The maximum absolute atomic E-state index is 12.1. The molecule has 134 valence electrons. The van der Waals surface area contributed by atoms with E-state index in [1.165, 1.54) is 11.8 Å². The van der Waals surface area contributed by atoms with Crippen LogP contribution in [0.2, 0.25) is 5.02 Å². The minimum atomic E-state index is -2.29. The van der Waals surface area contributed by atoms with Crippen LogP contribution in [0.1, 0.15) is 53.1 Å². The molecule has 0 aliphatic carbocycles. The van der Waals surface area contributed by atoms with Crippen LogP contribution < -0.4 is 4.72 Å². The molecule has 2 unspecified atom stereocenters. The molecule has 1 heterocycles. The lowest BCUT2D eigenvalue weighted by Crippen LogP contribution is -2.37. The maximum Gasteiger partial charge on any atom is 0.168 e. The first kappa shape index (κ1) is 24.6. The fourth-order valence-corrected chi connectivity index (χ4v) is 3.99. The lowest BCUT2D eigenvalue weighted by Gasteiger charge is -2.24. The standard InChI is InChI=1S/C11H13ClN2OS2.3C2H6/c1-16-11-13-10(7-17(2,15)14-11)8-3-5-9(12)6-4-8;3*1-2/h3-6,10H,2,7H2,1H3,(H,13,14,15);3*1-2H3. The van der Waals surface area contributed by atoms with Crippen LogP contribution in [-0.2, 0) is 9.71 Å². The number of aliphatic imine (C=N–C) groups is 1. The second-order valence-electron chi connectivity index (χ2n) is 3.79. The molecule has 1 N–H and O–H groups in total. The third-order valence-corrected chi connectivity index (χ3v) is 4.82. The van der Waals surface area contributed by atoms with E-state index in [1.54, 1.807) is 0 Å². The number of thioether (sulfide) groups is 1. The number of rotatable bonds is 1. The van der Waals surface area contributed by atoms with Gasteiger partial charge in [0.15, 0.2) is 5.17 Å². The van der Waals surface area contributed by atoms with E-state index in [4.69, 9.17) is 11.6 Å². The van der Waals surface area contributed by atoms with E-state index in [1.807, 2.05) is 72.1 Å². The van der Waals surface area contributed by atoms with E-state index < -0.39 is 9.71 Å². The van der Waals surface area contributed by atoms with Gasteiger partial charge < -0.3 is 0 Å². The second-order valence-corrected chi connectivity index (χ2v) is 7.18. The van der Waals surface area contributed by atoms with Crippen molar-refractivity contribution < 1.29 is 4.21 Å². The summed E-state index contributed by atoms with van der Waals surface area (Å²) in [6.07, 6.45) is 1.89. The van der Waals surface area contributed by atoms with Gasteiger partial charge in [0.2, 0.25) is 0 Å². The molecule has 0 aromatic heterocycles. The van der Waals surface area contributed by atoms with Crippen molar-refractivity contribution >= 4 is 44.1 Å². The zero-order valence-electron chi connectivity index (χ0n) is 15.4. The van der Waals surface area contributed by atoms with Gasteiger partial charge in [-0.25, -0.2) is 4.21 Å². The molecule has 1 aromatic carbocycles. The van der Waals surface area contributed by atoms with E-state index in [9.17, 15) is 4.21 Å². The zero-order chi connectivity index (χ0) is 18.5. The highest BCUT2D eigenvalue weighted by Gasteiger charge is 2.22. The Kier molecular flexibility index (Phi) is 14.7. The SMILES string of the molecule is C=S1(=O)CC(c2ccc(Cl)cc2)N=C(SC)N1.CC.CC.CC. The van der Waals surface area contributed by atoms with Crippen molar-refractivity contribution in [3.05, 3.63) is 34.9 Å². The zero-order valence-corrected chi connectivity index (χ0v) is 17.7. The summed E-state index contributed by atoms with van der Waals surface area (Å²) in [5.74, 6) is 4.13. The van der Waals surface area contributed by atoms with Gasteiger partial charge in [0.1, 0.15) is 0 Å². The summed E-state index contributed by atoms with van der Waals surface area (Å²) in [6.45, 7) is 12.0. The minimum Gasteiger partial charge on any atom is -0.292 e. The van der Waals surface area contributed by atoms with E-state index in [2.05, 4.69) is 15.6 Å². The first-order chi connectivity index (χ1) is 11.0. The number of hydrogen-bond donors (Lipinski definition) is 1. The van der Waals surface area contributed by atoms with E-state index in [0.29, 0.717) is 15.9 Å². The lowest BCUT2D eigenvalue weighted by molar-refractivity contribution is 0.666. The highest BCUT2D eigenvalue weighted by Crippen LogP contribution is 2.25. The molecule has 1 aliphatic rings. The predicted molar refractivity (Wildman–Crippen MR) is 112 cm³/mol. The molecular weight excluding hydrogens is 348 g/mol. The summed E-state index contributed by atoms with van der Waals surface area (Å²) in [5, 5.41) is 1.36. The summed E-state index contributed by atoms with van der Waals surface area (Å²) in [5.41, 5.74) is 1.01. The van der Waals surface area contributed by atoms with Crippen LogP contribution in [0.3, 0.4) is 0 Å². The minimum absolute atomic E-state index is 0.110. The molecule has 0 spiro atoms. The molecule has 0 amide bonds. The second kappa shape index (κ2) is 13.8. The Morgan fingerprint density at radius 2 is 1.65 bits per heavy atom. The van der Waals surface area contributed by atoms with Gasteiger partial charge in [-0.05, 0) is 29.8 Å². The third kappa shape index (κ3) is 9.28. The Morgan fingerprint density at radius 1 is 1.17 bits per heavy atom. The Hall–Kier alpha value is -0.650. The molecule has 2 rings (SSSR count). The molecule has 1 aliphatic heterocycles. The van der Waals surface area contributed by atoms with Gasteiger partial charge in [0, 0.05) is 14.7 Å². The Bertz CT molecular complexity index is 540. The lowest BCUT2D eigenvalue weighted by atomic mass is 10.1. The first-order valence-electron chi connectivity index (χ1n) is 8.00. The van der Waals surface area contributed by atoms with E-state index in [-0.39, 0.29) is 6.04 Å². The van der Waals surface area contributed by atoms with Crippen molar-refractivity contribution in [2.75, 3.05) is 12.0 Å². The van der Waals surface area contributed by atoms with Gasteiger partial charge in [-0.2, -0.15) is 0 Å². The van der Waals surface area contributed by atoms with Crippen molar-refractivity contribution in [2.24, 2.45) is 4.99 Å². The summed E-state index contributed by atoms with van der Waals surface area (Å²) in [4.78, 5) is 4.50. The molecule has 1 aromatic rings. The highest BCUT2D eigenvalue weighted by molar-refractivity contribution is 8.15. The molecule has 0 saturated heterocycles. The molecule has 0 saturated carbocycles. The Morgan fingerprint density at radius 3 is 2.09 bits per heavy atom. The Labute approximate surface area is 152 Å². The van der Waals surface area contributed by atoms with Crippen LogP contribution in [0.4, 0.5) is 0 Å². The number of halogens is 1. The first-order valence-corrected chi connectivity index (χ1v) is 11.5. The summed E-state index contributed by atoms with van der Waals surface area (Å²) >= 11 is 7.28. The van der Waals surface area contributed by atoms with Crippen molar-refractivity contribution in [1.29, 1.82) is 0 Å². The van der Waals surface area contributed by atoms with Gasteiger partial charge in [-0.15, -0.1) is 0 Å². The quantitative estimate of drug-likeness (QED) is 0.663. The van der Waals surface area contributed by atoms with Crippen LogP contribution in [0.25, 0.3) is 0 Å². The average Bonchev–Trinajstić information content (AvgIpc) is 2.59. The smallest absolute Gasteiger partial charge is 0.168 e. The van der Waals surface area contributed by atoms with Gasteiger partial charge >= 0.3 is 0 Å². The topological polar surface area (TPSA) is 41.5 Å². The molecule has 0 radical (unpaired) electrons. The number of benzene rings is 1. The Balaban J connectivity index is 0. The largest absolute Gasteiger partial charge is 0.292 e. The third-order valence-electron chi connectivity index (χ3n) is 2.42. The van der Waals surface area contributed by atoms with E-state index in [0.717, 1.165) is 5.56 Å². The number of nitrogens with zero attached hydrogens (tertiary/aromatic N) is 1.